The summed E-state index contributed by atoms with van der Waals surface area (Å²) in [6.07, 6.45) is 1.00. The van der Waals surface area contributed by atoms with Gasteiger partial charge in [0, 0.05) is 0 Å². The second kappa shape index (κ2) is 10.9. The Labute approximate surface area is 71.9 Å². The molecule has 0 fully saturated rings. The average Bonchev–Trinajstić information content (AvgIpc) is 2.17. The van der Waals surface area contributed by atoms with Gasteiger partial charge in [-0.3, -0.25) is 0 Å². The molecule has 1 rings (SSSR count). The van der Waals surface area contributed by atoms with E-state index in [1.54, 1.807) is 0 Å². The summed E-state index contributed by atoms with van der Waals surface area (Å²) in [5.41, 5.74) is 0. The van der Waals surface area contributed by atoms with Crippen molar-refractivity contribution in [2.45, 2.75) is 13.3 Å². The Balaban J connectivity index is 0. The minimum atomic E-state index is 0. The van der Waals surface area contributed by atoms with E-state index in [1.165, 1.54) is 0 Å². The van der Waals surface area contributed by atoms with Gasteiger partial charge >= 0.3 is 21.1 Å². The molecular weight excluding hydrogens is 192 g/mol. The second-order valence-electron chi connectivity index (χ2n) is 1.46. The van der Waals surface area contributed by atoms with Gasteiger partial charge in [0.15, 0.2) is 0 Å². The zero-order valence-electron chi connectivity index (χ0n) is 5.71. The van der Waals surface area contributed by atoms with Crippen molar-refractivity contribution in [2.75, 3.05) is 0 Å². The maximum Gasteiger partial charge on any atom is 2.00 e. The minimum absolute atomic E-state index is 0. The third kappa shape index (κ3) is 11.5. The summed E-state index contributed by atoms with van der Waals surface area (Å²) in [5.74, 6) is 0. The SMILES string of the molecule is [CH2-]CC.[Mo+2].c1cc[cH-]c1. The Hall–Kier alpha value is 0.0383. The van der Waals surface area contributed by atoms with Gasteiger partial charge in [0.05, 0.1) is 0 Å². The van der Waals surface area contributed by atoms with Gasteiger partial charge in [-0.15, -0.1) is 0 Å². The fraction of sp³-hybridized carbons (Fsp3) is 0.250. The van der Waals surface area contributed by atoms with Gasteiger partial charge < -0.3 is 6.92 Å². The smallest absolute Gasteiger partial charge is 0.344 e. The first-order valence-corrected chi connectivity index (χ1v) is 2.87. The largest absolute Gasteiger partial charge is 2.00 e. The topological polar surface area (TPSA) is 0 Å². The molecule has 1 aromatic rings. The maximum absolute atomic E-state index is 3.49. The van der Waals surface area contributed by atoms with Crippen molar-refractivity contribution in [2.24, 2.45) is 0 Å². The molecule has 0 aliphatic heterocycles. The van der Waals surface area contributed by atoms with E-state index < -0.39 is 0 Å². The van der Waals surface area contributed by atoms with Crippen molar-refractivity contribution in [1.82, 2.24) is 0 Å². The van der Waals surface area contributed by atoms with Gasteiger partial charge in [-0.2, -0.15) is 24.6 Å². The molecule has 50 valence electrons. The standard InChI is InChI=1S/C5H5.C3H7.Mo/c1-2-4-5-3-1;1-3-2;/h1-5H;1,3H2,2H3;/q2*-1;+2. The maximum atomic E-state index is 3.49. The molecule has 0 N–H and O–H groups in total. The minimum Gasteiger partial charge on any atom is -0.344 e. The molecule has 0 amide bonds. The van der Waals surface area contributed by atoms with Gasteiger partial charge in [0.2, 0.25) is 0 Å². The van der Waals surface area contributed by atoms with Crippen molar-refractivity contribution >= 4 is 0 Å². The van der Waals surface area contributed by atoms with E-state index in [9.17, 15) is 0 Å². The van der Waals surface area contributed by atoms with Gasteiger partial charge in [0.1, 0.15) is 0 Å². The van der Waals surface area contributed by atoms with E-state index in [1.807, 2.05) is 37.3 Å². The molecule has 0 saturated heterocycles. The predicted molar refractivity (Wildman–Crippen MR) is 37.7 cm³/mol. The van der Waals surface area contributed by atoms with Crippen molar-refractivity contribution in [1.29, 1.82) is 0 Å². The molecule has 0 spiro atoms. The molecular formula is C8H12Mo. The third-order valence-corrected chi connectivity index (χ3v) is 0.556. The molecule has 0 aromatic heterocycles. The molecule has 0 radical (unpaired) electrons. The van der Waals surface area contributed by atoms with Crippen LogP contribution in [0.25, 0.3) is 0 Å². The zero-order chi connectivity index (χ0) is 6.24. The summed E-state index contributed by atoms with van der Waals surface area (Å²) < 4.78 is 0. The first-order chi connectivity index (χ1) is 3.91. The van der Waals surface area contributed by atoms with Crippen LogP contribution in [0, 0.1) is 6.92 Å². The summed E-state index contributed by atoms with van der Waals surface area (Å²) in [4.78, 5) is 0. The molecule has 0 saturated carbocycles. The van der Waals surface area contributed by atoms with Crippen LogP contribution in [0.1, 0.15) is 13.3 Å². The summed E-state index contributed by atoms with van der Waals surface area (Å²) in [6.45, 7) is 5.50. The Morgan fingerprint density at radius 3 is 1.78 bits per heavy atom. The molecule has 9 heavy (non-hydrogen) atoms. The van der Waals surface area contributed by atoms with Crippen LogP contribution in [-0.4, -0.2) is 0 Å². The first kappa shape index (κ1) is 11.8. The monoisotopic (exact) mass is 206 g/mol. The molecule has 0 nitrogen and oxygen atoms in total. The van der Waals surface area contributed by atoms with Crippen LogP contribution in [-0.2, 0) is 21.1 Å². The number of hydrogen-bond donors (Lipinski definition) is 0. The van der Waals surface area contributed by atoms with Gasteiger partial charge in [-0.25, -0.2) is 12.1 Å². The van der Waals surface area contributed by atoms with Crippen LogP contribution < -0.4 is 0 Å². The molecule has 0 heterocycles. The van der Waals surface area contributed by atoms with E-state index in [0.29, 0.717) is 0 Å². The van der Waals surface area contributed by atoms with Crippen LogP contribution in [0.15, 0.2) is 30.3 Å². The molecule has 0 atom stereocenters. The molecule has 0 unspecified atom stereocenters. The quantitative estimate of drug-likeness (QED) is 0.450. The Kier molecular flexibility index (Phi) is 14.3. The van der Waals surface area contributed by atoms with Gasteiger partial charge in [0.25, 0.3) is 0 Å². The normalized spacial score (nSPS) is 6.44. The van der Waals surface area contributed by atoms with E-state index in [2.05, 4.69) is 6.92 Å². The van der Waals surface area contributed by atoms with Crippen molar-refractivity contribution in [3.05, 3.63) is 37.3 Å². The summed E-state index contributed by atoms with van der Waals surface area (Å²) in [5, 5.41) is 0. The van der Waals surface area contributed by atoms with Crippen LogP contribution in [0.5, 0.6) is 0 Å². The van der Waals surface area contributed by atoms with Crippen LogP contribution in [0.2, 0.25) is 0 Å². The van der Waals surface area contributed by atoms with Gasteiger partial charge in [-0.05, 0) is 0 Å². The van der Waals surface area contributed by atoms with Crippen LogP contribution in [0.4, 0.5) is 0 Å². The molecule has 0 aliphatic carbocycles. The third-order valence-electron chi connectivity index (χ3n) is 0.556. The molecule has 1 aromatic carbocycles. The van der Waals surface area contributed by atoms with E-state index in [-0.39, 0.29) is 21.1 Å². The van der Waals surface area contributed by atoms with Crippen LogP contribution >= 0.6 is 0 Å². The Morgan fingerprint density at radius 1 is 1.33 bits per heavy atom. The van der Waals surface area contributed by atoms with E-state index in [0.717, 1.165) is 6.42 Å². The van der Waals surface area contributed by atoms with Crippen molar-refractivity contribution in [3.63, 3.8) is 0 Å². The zero-order valence-corrected chi connectivity index (χ0v) is 7.72. The molecule has 1 heteroatoms. The van der Waals surface area contributed by atoms with Gasteiger partial charge in [-0.1, -0.05) is 6.92 Å². The van der Waals surface area contributed by atoms with Crippen molar-refractivity contribution in [3.8, 4) is 0 Å². The average molecular weight is 204 g/mol. The second-order valence-corrected chi connectivity index (χ2v) is 1.46. The predicted octanol–water partition coefficient (Wildman–Crippen LogP) is 2.63. The summed E-state index contributed by atoms with van der Waals surface area (Å²) in [6, 6.07) is 10.0. The van der Waals surface area contributed by atoms with Crippen molar-refractivity contribution < 1.29 is 21.1 Å². The van der Waals surface area contributed by atoms with E-state index in [4.69, 9.17) is 0 Å². The molecule has 0 aliphatic rings. The fourth-order valence-electron chi connectivity index (χ4n) is 0.321. The summed E-state index contributed by atoms with van der Waals surface area (Å²) >= 11 is 0. The van der Waals surface area contributed by atoms with E-state index >= 15 is 0 Å². The molecule has 0 bridgehead atoms. The number of hydrogen-bond acceptors (Lipinski definition) is 0. The fourth-order valence-corrected chi connectivity index (χ4v) is 0.321. The number of rotatable bonds is 0. The Morgan fingerprint density at radius 2 is 1.67 bits per heavy atom. The Bertz CT molecular complexity index is 71.5. The van der Waals surface area contributed by atoms with Crippen LogP contribution in [0.3, 0.4) is 0 Å². The first-order valence-electron chi connectivity index (χ1n) is 2.87. The summed E-state index contributed by atoms with van der Waals surface area (Å²) in [7, 11) is 0.